The van der Waals surface area contributed by atoms with Crippen LogP contribution in [0.4, 0.5) is 0 Å². The van der Waals surface area contributed by atoms with Crippen LogP contribution in [0.2, 0.25) is 0 Å². The minimum absolute atomic E-state index is 0.206. The molecule has 0 bridgehead atoms. The lowest BCUT2D eigenvalue weighted by Gasteiger charge is -2.16. The van der Waals surface area contributed by atoms with Crippen molar-refractivity contribution in [3.05, 3.63) is 11.7 Å². The number of nitrogens with zero attached hydrogens (tertiary/aromatic N) is 2. The molecule has 1 fully saturated rings. The Labute approximate surface area is 112 Å². The predicted molar refractivity (Wildman–Crippen MR) is 71.6 cm³/mol. The summed E-state index contributed by atoms with van der Waals surface area (Å²) < 4.78 is 5.53. The summed E-state index contributed by atoms with van der Waals surface area (Å²) in [6, 6.07) is 0. The van der Waals surface area contributed by atoms with Gasteiger partial charge in [-0.2, -0.15) is 4.98 Å². The van der Waals surface area contributed by atoms with Crippen LogP contribution < -0.4 is 0 Å². The van der Waals surface area contributed by atoms with E-state index in [1.54, 1.807) is 0 Å². The number of hydrogen-bond donors (Lipinski definition) is 0. The van der Waals surface area contributed by atoms with Gasteiger partial charge in [-0.3, -0.25) is 4.79 Å². The number of thioether (sulfide) groups is 1. The third-order valence-corrected chi connectivity index (χ3v) is 4.28. The normalized spacial score (nSPS) is 18.3. The van der Waals surface area contributed by atoms with Crippen molar-refractivity contribution in [3.8, 4) is 0 Å². The highest BCUT2D eigenvalue weighted by molar-refractivity contribution is 7.99. The average Bonchev–Trinajstić information content (AvgIpc) is 2.75. The number of aromatic nitrogens is 2. The Kier molecular flexibility index (Phi) is 4.10. The van der Waals surface area contributed by atoms with Crippen molar-refractivity contribution in [3.63, 3.8) is 0 Å². The van der Waals surface area contributed by atoms with Crippen LogP contribution in [0.25, 0.3) is 0 Å². The smallest absolute Gasteiger partial charge is 0.229 e. The Balaban J connectivity index is 1.91. The molecule has 0 N–H and O–H groups in total. The minimum atomic E-state index is 0.206. The maximum atomic E-state index is 11.2. The summed E-state index contributed by atoms with van der Waals surface area (Å²) in [4.78, 5) is 15.6. The van der Waals surface area contributed by atoms with Crippen LogP contribution in [0, 0.1) is 0 Å². The SMILES string of the molecule is CC(C)(C)SCc1noc(C2CCC(=O)CC2)n1. The molecule has 0 radical (unpaired) electrons. The molecule has 1 heterocycles. The second kappa shape index (κ2) is 5.43. The molecule has 0 saturated heterocycles. The highest BCUT2D eigenvalue weighted by atomic mass is 32.2. The van der Waals surface area contributed by atoms with E-state index in [-0.39, 0.29) is 10.7 Å². The van der Waals surface area contributed by atoms with Gasteiger partial charge in [0.15, 0.2) is 5.82 Å². The zero-order chi connectivity index (χ0) is 13.2. The van der Waals surface area contributed by atoms with Crippen molar-refractivity contribution in [2.45, 2.75) is 62.9 Å². The average molecular weight is 268 g/mol. The zero-order valence-corrected chi connectivity index (χ0v) is 12.0. The Bertz CT molecular complexity index is 413. The molecule has 1 aromatic heterocycles. The van der Waals surface area contributed by atoms with E-state index in [9.17, 15) is 4.79 Å². The quantitative estimate of drug-likeness (QED) is 0.841. The predicted octanol–water partition coefficient (Wildman–Crippen LogP) is 3.33. The van der Waals surface area contributed by atoms with Crippen LogP contribution >= 0.6 is 11.8 Å². The fourth-order valence-electron chi connectivity index (χ4n) is 1.96. The van der Waals surface area contributed by atoms with Crippen molar-refractivity contribution in [2.75, 3.05) is 0 Å². The topological polar surface area (TPSA) is 56.0 Å². The van der Waals surface area contributed by atoms with E-state index in [0.717, 1.165) is 24.4 Å². The molecule has 0 aromatic carbocycles. The molecule has 1 aliphatic rings. The molecule has 1 aliphatic carbocycles. The molecule has 1 aromatic rings. The van der Waals surface area contributed by atoms with E-state index in [2.05, 4.69) is 30.9 Å². The van der Waals surface area contributed by atoms with Crippen molar-refractivity contribution in [1.29, 1.82) is 0 Å². The van der Waals surface area contributed by atoms with Gasteiger partial charge in [-0.1, -0.05) is 25.9 Å². The summed E-state index contributed by atoms with van der Waals surface area (Å²) in [5.41, 5.74) is 0. The fraction of sp³-hybridized carbons (Fsp3) is 0.769. The van der Waals surface area contributed by atoms with Gasteiger partial charge >= 0.3 is 0 Å². The number of Topliss-reactive ketones (excluding diaryl/α,β-unsaturated/α-hetero) is 1. The maximum absolute atomic E-state index is 11.2. The van der Waals surface area contributed by atoms with Gasteiger partial charge in [-0.25, -0.2) is 0 Å². The first-order valence-electron chi connectivity index (χ1n) is 6.42. The highest BCUT2D eigenvalue weighted by Gasteiger charge is 2.25. The molecule has 0 atom stereocenters. The summed E-state index contributed by atoms with van der Waals surface area (Å²) in [6.07, 6.45) is 3.01. The summed E-state index contributed by atoms with van der Waals surface area (Å²) in [7, 11) is 0. The lowest BCUT2D eigenvalue weighted by molar-refractivity contribution is -0.120. The van der Waals surface area contributed by atoms with Gasteiger partial charge in [0, 0.05) is 23.5 Å². The van der Waals surface area contributed by atoms with Gasteiger partial charge in [0.05, 0.1) is 5.75 Å². The lowest BCUT2D eigenvalue weighted by Crippen LogP contribution is -2.12. The number of hydrogen-bond acceptors (Lipinski definition) is 5. The standard InChI is InChI=1S/C13H20N2O2S/c1-13(2,3)18-8-11-14-12(17-15-11)9-4-6-10(16)7-5-9/h9H,4-8H2,1-3H3. The van der Waals surface area contributed by atoms with Crippen molar-refractivity contribution >= 4 is 17.5 Å². The Morgan fingerprint density at radius 1 is 1.33 bits per heavy atom. The Morgan fingerprint density at radius 2 is 2.00 bits per heavy atom. The number of rotatable bonds is 3. The largest absolute Gasteiger partial charge is 0.339 e. The lowest BCUT2D eigenvalue weighted by atomic mass is 9.88. The monoisotopic (exact) mass is 268 g/mol. The van der Waals surface area contributed by atoms with Crippen molar-refractivity contribution in [2.24, 2.45) is 0 Å². The first kappa shape index (κ1) is 13.6. The highest BCUT2D eigenvalue weighted by Crippen LogP contribution is 2.31. The number of carbonyl (C=O) groups excluding carboxylic acids is 1. The van der Waals surface area contributed by atoms with E-state index in [1.165, 1.54) is 0 Å². The molecule has 0 unspecified atom stereocenters. The van der Waals surface area contributed by atoms with Crippen molar-refractivity contribution in [1.82, 2.24) is 10.1 Å². The van der Waals surface area contributed by atoms with Crippen LogP contribution in [0.15, 0.2) is 4.52 Å². The van der Waals surface area contributed by atoms with E-state index in [4.69, 9.17) is 4.52 Å². The van der Waals surface area contributed by atoms with Gasteiger partial charge in [-0.15, -0.1) is 11.8 Å². The molecule has 0 spiro atoms. The second-order valence-corrected chi connectivity index (χ2v) is 7.56. The Hall–Kier alpha value is -0.840. The van der Waals surface area contributed by atoms with Crippen LogP contribution in [0.1, 0.15) is 64.1 Å². The van der Waals surface area contributed by atoms with Crippen LogP contribution in [-0.4, -0.2) is 20.7 Å². The third-order valence-electron chi connectivity index (χ3n) is 3.01. The number of ketones is 1. The van der Waals surface area contributed by atoms with Crippen LogP contribution in [0.5, 0.6) is 0 Å². The van der Waals surface area contributed by atoms with E-state index in [0.29, 0.717) is 24.5 Å². The molecule has 1 saturated carbocycles. The zero-order valence-electron chi connectivity index (χ0n) is 11.2. The van der Waals surface area contributed by atoms with Crippen LogP contribution in [-0.2, 0) is 10.5 Å². The molecule has 5 heteroatoms. The fourth-order valence-corrected chi connectivity index (χ4v) is 2.64. The van der Waals surface area contributed by atoms with Gasteiger partial charge in [0.25, 0.3) is 0 Å². The van der Waals surface area contributed by atoms with Gasteiger partial charge in [-0.05, 0) is 12.8 Å². The molecule has 100 valence electrons. The molecule has 18 heavy (non-hydrogen) atoms. The van der Waals surface area contributed by atoms with Crippen molar-refractivity contribution < 1.29 is 9.32 Å². The first-order valence-corrected chi connectivity index (χ1v) is 7.41. The molecule has 2 rings (SSSR count). The summed E-state index contributed by atoms with van der Waals surface area (Å²) in [5, 5.41) is 4.02. The van der Waals surface area contributed by atoms with E-state index < -0.39 is 0 Å². The van der Waals surface area contributed by atoms with Gasteiger partial charge < -0.3 is 4.52 Å². The summed E-state index contributed by atoms with van der Waals surface area (Å²) in [6.45, 7) is 6.52. The third kappa shape index (κ3) is 3.83. The molecular weight excluding hydrogens is 248 g/mol. The van der Waals surface area contributed by atoms with Gasteiger partial charge in [0.1, 0.15) is 5.78 Å². The molecule has 4 nitrogen and oxygen atoms in total. The second-order valence-electron chi connectivity index (χ2n) is 5.76. The molecule has 0 amide bonds. The summed E-state index contributed by atoms with van der Waals surface area (Å²) in [5.74, 6) is 2.89. The number of carbonyl (C=O) groups is 1. The summed E-state index contributed by atoms with van der Waals surface area (Å²) >= 11 is 1.81. The van der Waals surface area contributed by atoms with Gasteiger partial charge in [0.2, 0.25) is 5.89 Å². The van der Waals surface area contributed by atoms with E-state index in [1.807, 2.05) is 11.8 Å². The van der Waals surface area contributed by atoms with Crippen LogP contribution in [0.3, 0.4) is 0 Å². The molecular formula is C13H20N2O2S. The minimum Gasteiger partial charge on any atom is -0.339 e. The van der Waals surface area contributed by atoms with E-state index >= 15 is 0 Å². The molecule has 0 aliphatic heterocycles. The first-order chi connectivity index (χ1) is 8.44. The maximum Gasteiger partial charge on any atom is 0.229 e. The Morgan fingerprint density at radius 3 is 2.61 bits per heavy atom.